The predicted molar refractivity (Wildman–Crippen MR) is 82.3 cm³/mol. The summed E-state index contributed by atoms with van der Waals surface area (Å²) in [7, 11) is 0. The zero-order chi connectivity index (χ0) is 14.9. The number of carbonyl (C=O) groups excluding carboxylic acids is 1. The number of primary amides is 1. The first-order valence-electron chi connectivity index (χ1n) is 8.08. The number of fused-ring (bicyclic) bond motifs is 2. The molecule has 2 fully saturated rings. The van der Waals surface area contributed by atoms with Gasteiger partial charge in [-0.05, 0) is 52.4 Å². The Hall–Kier alpha value is -0.610. The maximum atomic E-state index is 11.5. The number of rotatable bonds is 5. The molecule has 4 nitrogen and oxygen atoms in total. The van der Waals surface area contributed by atoms with Gasteiger partial charge in [0.05, 0.1) is 5.41 Å². The molecule has 1 amide bonds. The number of hydrogen-bond donors (Lipinski definition) is 2. The second-order valence-corrected chi connectivity index (χ2v) is 7.65. The van der Waals surface area contributed by atoms with Gasteiger partial charge in [0, 0.05) is 31.7 Å². The molecule has 2 bridgehead atoms. The quantitative estimate of drug-likeness (QED) is 0.804. The molecule has 2 rings (SSSR count). The smallest absolute Gasteiger partial charge is 0.224 e. The molecule has 0 aromatic rings. The van der Waals surface area contributed by atoms with E-state index in [0.717, 1.165) is 11.8 Å². The van der Waals surface area contributed by atoms with Gasteiger partial charge in [-0.15, -0.1) is 0 Å². The van der Waals surface area contributed by atoms with Gasteiger partial charge in [-0.3, -0.25) is 4.79 Å². The third kappa shape index (κ3) is 3.34. The zero-order valence-electron chi connectivity index (χ0n) is 13.5. The summed E-state index contributed by atoms with van der Waals surface area (Å²) < 4.78 is 0. The monoisotopic (exact) mass is 281 g/mol. The Morgan fingerprint density at radius 1 is 1.30 bits per heavy atom. The van der Waals surface area contributed by atoms with E-state index < -0.39 is 5.41 Å². The molecule has 0 radical (unpaired) electrons. The molecular formula is C16H31N3O. The third-order valence-electron chi connectivity index (χ3n) is 5.28. The Bertz CT molecular complexity index is 340. The minimum absolute atomic E-state index is 0.213. The van der Waals surface area contributed by atoms with Crippen LogP contribution in [0.1, 0.15) is 47.0 Å². The van der Waals surface area contributed by atoms with Crippen LogP contribution in [0.25, 0.3) is 0 Å². The lowest BCUT2D eigenvalue weighted by atomic mass is 9.72. The van der Waals surface area contributed by atoms with E-state index in [0.29, 0.717) is 18.6 Å². The first-order valence-corrected chi connectivity index (χ1v) is 8.08. The summed E-state index contributed by atoms with van der Waals surface area (Å²) in [6.07, 6.45) is 3.99. The van der Waals surface area contributed by atoms with Crippen LogP contribution in [0.3, 0.4) is 0 Å². The van der Waals surface area contributed by atoms with Crippen LogP contribution in [0.5, 0.6) is 0 Å². The van der Waals surface area contributed by atoms with E-state index in [-0.39, 0.29) is 5.91 Å². The average molecular weight is 281 g/mol. The van der Waals surface area contributed by atoms with Gasteiger partial charge in [0.1, 0.15) is 0 Å². The molecule has 1 aliphatic heterocycles. The van der Waals surface area contributed by atoms with Gasteiger partial charge in [-0.25, -0.2) is 0 Å². The van der Waals surface area contributed by atoms with Crippen molar-refractivity contribution in [1.29, 1.82) is 0 Å². The largest absolute Gasteiger partial charge is 0.369 e. The maximum Gasteiger partial charge on any atom is 0.224 e. The Kier molecular flexibility index (Phi) is 4.75. The number of carbonyl (C=O) groups is 1. The number of nitrogens with two attached hydrogens (primary N) is 1. The molecule has 2 aliphatic rings. The molecule has 3 N–H and O–H groups in total. The average Bonchev–Trinajstić information content (AvgIpc) is 2.34. The van der Waals surface area contributed by atoms with Crippen LogP contribution in [0.15, 0.2) is 0 Å². The Balaban J connectivity index is 1.97. The van der Waals surface area contributed by atoms with Gasteiger partial charge in [0.15, 0.2) is 0 Å². The molecule has 1 heterocycles. The Morgan fingerprint density at radius 2 is 1.85 bits per heavy atom. The fourth-order valence-corrected chi connectivity index (χ4v) is 3.69. The van der Waals surface area contributed by atoms with Crippen molar-refractivity contribution in [2.24, 2.45) is 23.0 Å². The van der Waals surface area contributed by atoms with Gasteiger partial charge >= 0.3 is 0 Å². The lowest BCUT2D eigenvalue weighted by Crippen LogP contribution is -2.59. The summed E-state index contributed by atoms with van der Waals surface area (Å²) in [5.41, 5.74) is 5.02. The topological polar surface area (TPSA) is 58.4 Å². The van der Waals surface area contributed by atoms with Crippen LogP contribution in [-0.2, 0) is 4.79 Å². The summed E-state index contributed by atoms with van der Waals surface area (Å²) >= 11 is 0. The molecule has 20 heavy (non-hydrogen) atoms. The molecule has 116 valence electrons. The maximum absolute atomic E-state index is 11.5. The minimum Gasteiger partial charge on any atom is -0.369 e. The minimum atomic E-state index is -0.455. The molecule has 0 aromatic heterocycles. The lowest BCUT2D eigenvalue weighted by molar-refractivity contribution is -0.126. The van der Waals surface area contributed by atoms with Crippen LogP contribution in [0, 0.1) is 17.3 Å². The van der Waals surface area contributed by atoms with Crippen LogP contribution < -0.4 is 11.1 Å². The van der Waals surface area contributed by atoms with Crippen molar-refractivity contribution in [3.63, 3.8) is 0 Å². The van der Waals surface area contributed by atoms with E-state index in [1.54, 1.807) is 0 Å². The van der Waals surface area contributed by atoms with Crippen LogP contribution >= 0.6 is 0 Å². The van der Waals surface area contributed by atoms with E-state index in [1.807, 2.05) is 13.8 Å². The van der Waals surface area contributed by atoms with E-state index in [9.17, 15) is 4.79 Å². The Labute approximate surface area is 123 Å². The van der Waals surface area contributed by atoms with Crippen LogP contribution in [-0.4, -0.2) is 42.5 Å². The summed E-state index contributed by atoms with van der Waals surface area (Å²) in [5, 5.41) is 3.68. The van der Waals surface area contributed by atoms with Crippen LogP contribution in [0.4, 0.5) is 0 Å². The summed E-state index contributed by atoms with van der Waals surface area (Å²) in [4.78, 5) is 14.1. The van der Waals surface area contributed by atoms with E-state index in [4.69, 9.17) is 5.73 Å². The van der Waals surface area contributed by atoms with Gasteiger partial charge in [0.2, 0.25) is 5.91 Å². The summed E-state index contributed by atoms with van der Waals surface area (Å²) in [5.74, 6) is 1.25. The summed E-state index contributed by atoms with van der Waals surface area (Å²) in [6, 6.07) is 1.21. The molecule has 0 aromatic carbocycles. The van der Waals surface area contributed by atoms with Gasteiger partial charge < -0.3 is 16.0 Å². The number of piperidine rings is 1. The molecule has 1 saturated carbocycles. The molecule has 2 unspecified atom stereocenters. The molecule has 1 aliphatic carbocycles. The highest BCUT2D eigenvalue weighted by atomic mass is 16.1. The molecule has 4 heteroatoms. The molecule has 0 spiro atoms. The molecule has 1 saturated heterocycles. The highest BCUT2D eigenvalue weighted by Gasteiger charge is 2.40. The van der Waals surface area contributed by atoms with E-state index >= 15 is 0 Å². The summed E-state index contributed by atoms with van der Waals surface area (Å²) in [6.45, 7) is 11.5. The highest BCUT2D eigenvalue weighted by molar-refractivity contribution is 5.80. The third-order valence-corrected chi connectivity index (χ3v) is 5.28. The van der Waals surface area contributed by atoms with E-state index in [2.05, 4.69) is 24.1 Å². The highest BCUT2D eigenvalue weighted by Crippen LogP contribution is 2.36. The predicted octanol–water partition coefficient (Wildman–Crippen LogP) is 1.60. The lowest BCUT2D eigenvalue weighted by Gasteiger charge is -2.49. The van der Waals surface area contributed by atoms with Crippen molar-refractivity contribution in [3.05, 3.63) is 0 Å². The van der Waals surface area contributed by atoms with Crippen molar-refractivity contribution in [2.75, 3.05) is 19.6 Å². The van der Waals surface area contributed by atoms with Crippen molar-refractivity contribution in [1.82, 2.24) is 10.2 Å². The fraction of sp³-hybridized carbons (Fsp3) is 0.938. The van der Waals surface area contributed by atoms with Gasteiger partial charge in [-0.1, -0.05) is 6.42 Å². The van der Waals surface area contributed by atoms with Gasteiger partial charge in [0.25, 0.3) is 0 Å². The SMILES string of the molecule is CC(C)N1CC2CCCC(C1)C2NCC(C)(C)C(N)=O. The normalized spacial score (nSPS) is 31.6. The van der Waals surface area contributed by atoms with Crippen molar-refractivity contribution >= 4 is 5.91 Å². The van der Waals surface area contributed by atoms with Gasteiger partial charge in [-0.2, -0.15) is 0 Å². The number of nitrogens with one attached hydrogen (secondary N) is 1. The number of nitrogens with zero attached hydrogens (tertiary/aromatic N) is 1. The second kappa shape index (κ2) is 6.02. The fourth-order valence-electron chi connectivity index (χ4n) is 3.69. The first kappa shape index (κ1) is 15.8. The Morgan fingerprint density at radius 3 is 2.30 bits per heavy atom. The second-order valence-electron chi connectivity index (χ2n) is 7.65. The first-order chi connectivity index (χ1) is 9.31. The number of likely N-dealkylation sites (tertiary alicyclic amines) is 1. The standard InChI is InChI=1S/C16H31N3O/c1-11(2)19-8-12-6-5-7-13(9-19)14(12)18-10-16(3,4)15(17)20/h11-14,18H,5-10H2,1-4H3,(H2,17,20). The molecular weight excluding hydrogens is 250 g/mol. The van der Waals surface area contributed by atoms with E-state index in [1.165, 1.54) is 32.4 Å². The molecule has 2 atom stereocenters. The van der Waals surface area contributed by atoms with Crippen molar-refractivity contribution in [3.8, 4) is 0 Å². The number of amides is 1. The van der Waals surface area contributed by atoms with Crippen molar-refractivity contribution < 1.29 is 4.79 Å². The number of hydrogen-bond acceptors (Lipinski definition) is 3. The zero-order valence-corrected chi connectivity index (χ0v) is 13.5. The van der Waals surface area contributed by atoms with Crippen molar-refractivity contribution in [2.45, 2.75) is 59.0 Å². The van der Waals surface area contributed by atoms with Crippen LogP contribution in [0.2, 0.25) is 0 Å².